The van der Waals surface area contributed by atoms with Crippen LogP contribution in [0.1, 0.15) is 11.3 Å². The number of likely N-dealkylation sites (N-methyl/N-ethyl adjacent to an activating group) is 1. The molecule has 0 radical (unpaired) electrons. The average molecular weight is 175 g/mol. The van der Waals surface area contributed by atoms with Crippen molar-refractivity contribution in [3.8, 4) is 0 Å². The highest BCUT2D eigenvalue weighted by molar-refractivity contribution is 5.55. The van der Waals surface area contributed by atoms with Crippen LogP contribution < -0.4 is 5.32 Å². The Morgan fingerprint density at radius 3 is 3.08 bits per heavy atom. The molecule has 1 aliphatic carbocycles. The van der Waals surface area contributed by atoms with Gasteiger partial charge < -0.3 is 5.32 Å². The SMILES string of the molecule is CNC1=CCc2cnn(C)c2C=C1. The molecule has 1 aromatic heterocycles. The van der Waals surface area contributed by atoms with Crippen molar-refractivity contribution in [1.82, 2.24) is 15.1 Å². The lowest BCUT2D eigenvalue weighted by Crippen LogP contribution is -2.02. The second-order valence-electron chi connectivity index (χ2n) is 3.13. The molecule has 0 amide bonds. The van der Waals surface area contributed by atoms with Gasteiger partial charge in [0.05, 0.1) is 11.9 Å². The monoisotopic (exact) mass is 175 g/mol. The fraction of sp³-hybridized carbons (Fsp3) is 0.300. The molecule has 0 fully saturated rings. The molecule has 0 saturated carbocycles. The summed E-state index contributed by atoms with van der Waals surface area (Å²) < 4.78 is 1.90. The van der Waals surface area contributed by atoms with Crippen LogP contribution in [0.25, 0.3) is 6.08 Å². The molecule has 3 heteroatoms. The zero-order valence-corrected chi connectivity index (χ0v) is 7.91. The molecule has 1 aliphatic rings. The highest BCUT2D eigenvalue weighted by Gasteiger charge is 2.06. The van der Waals surface area contributed by atoms with E-state index in [1.54, 1.807) is 0 Å². The number of nitrogens with one attached hydrogen (secondary N) is 1. The zero-order chi connectivity index (χ0) is 9.26. The Morgan fingerprint density at radius 1 is 1.46 bits per heavy atom. The number of hydrogen-bond donors (Lipinski definition) is 1. The Hall–Kier alpha value is -1.51. The van der Waals surface area contributed by atoms with Crippen LogP contribution in [-0.4, -0.2) is 16.8 Å². The molecule has 0 aromatic carbocycles. The van der Waals surface area contributed by atoms with Crippen LogP contribution in [0, 0.1) is 0 Å². The lowest BCUT2D eigenvalue weighted by Gasteiger charge is -1.96. The van der Waals surface area contributed by atoms with Crippen LogP contribution in [0.15, 0.2) is 24.0 Å². The number of aryl methyl sites for hydroxylation is 1. The molecule has 0 atom stereocenters. The van der Waals surface area contributed by atoms with E-state index in [2.05, 4.69) is 28.6 Å². The topological polar surface area (TPSA) is 29.9 Å². The van der Waals surface area contributed by atoms with Crippen molar-refractivity contribution in [2.75, 3.05) is 7.05 Å². The van der Waals surface area contributed by atoms with Crippen molar-refractivity contribution in [1.29, 1.82) is 0 Å². The van der Waals surface area contributed by atoms with Crippen molar-refractivity contribution in [3.05, 3.63) is 35.3 Å². The van der Waals surface area contributed by atoms with E-state index in [0.717, 1.165) is 12.1 Å². The number of fused-ring (bicyclic) bond motifs is 1. The number of allylic oxidation sites excluding steroid dienone is 2. The van der Waals surface area contributed by atoms with E-state index in [0.29, 0.717) is 0 Å². The van der Waals surface area contributed by atoms with E-state index < -0.39 is 0 Å². The fourth-order valence-corrected chi connectivity index (χ4v) is 1.51. The first-order valence-corrected chi connectivity index (χ1v) is 4.38. The molecule has 0 spiro atoms. The summed E-state index contributed by atoms with van der Waals surface area (Å²) in [5, 5.41) is 7.34. The molecule has 1 aromatic rings. The molecule has 0 bridgehead atoms. The molecule has 2 rings (SSSR count). The minimum Gasteiger partial charge on any atom is -0.388 e. The lowest BCUT2D eigenvalue weighted by molar-refractivity contribution is 0.759. The van der Waals surface area contributed by atoms with Crippen molar-refractivity contribution in [3.63, 3.8) is 0 Å². The van der Waals surface area contributed by atoms with Gasteiger partial charge in [-0.1, -0.05) is 6.08 Å². The van der Waals surface area contributed by atoms with Gasteiger partial charge in [0, 0.05) is 25.4 Å². The maximum atomic E-state index is 4.21. The lowest BCUT2D eigenvalue weighted by atomic mass is 10.2. The van der Waals surface area contributed by atoms with Crippen molar-refractivity contribution in [2.45, 2.75) is 6.42 Å². The maximum Gasteiger partial charge on any atom is 0.0642 e. The van der Waals surface area contributed by atoms with E-state index in [4.69, 9.17) is 0 Å². The predicted molar refractivity (Wildman–Crippen MR) is 53.1 cm³/mol. The smallest absolute Gasteiger partial charge is 0.0642 e. The highest BCUT2D eigenvalue weighted by Crippen LogP contribution is 2.15. The van der Waals surface area contributed by atoms with Crippen LogP contribution in [0.5, 0.6) is 0 Å². The Morgan fingerprint density at radius 2 is 2.31 bits per heavy atom. The van der Waals surface area contributed by atoms with Gasteiger partial charge in [-0.3, -0.25) is 4.68 Å². The summed E-state index contributed by atoms with van der Waals surface area (Å²) in [5.41, 5.74) is 3.64. The highest BCUT2D eigenvalue weighted by atomic mass is 15.3. The largest absolute Gasteiger partial charge is 0.388 e. The second kappa shape index (κ2) is 3.09. The van der Waals surface area contributed by atoms with Gasteiger partial charge >= 0.3 is 0 Å². The maximum absolute atomic E-state index is 4.21. The van der Waals surface area contributed by atoms with Crippen LogP contribution in [0.3, 0.4) is 0 Å². The van der Waals surface area contributed by atoms with Gasteiger partial charge in [0.15, 0.2) is 0 Å². The van der Waals surface area contributed by atoms with Gasteiger partial charge in [-0.15, -0.1) is 0 Å². The van der Waals surface area contributed by atoms with Gasteiger partial charge in [0.2, 0.25) is 0 Å². The summed E-state index contributed by atoms with van der Waals surface area (Å²) in [6.45, 7) is 0. The van der Waals surface area contributed by atoms with Crippen molar-refractivity contribution in [2.24, 2.45) is 7.05 Å². The molecule has 1 heterocycles. The van der Waals surface area contributed by atoms with Gasteiger partial charge in [0.25, 0.3) is 0 Å². The standard InChI is InChI=1S/C10H13N3/c1-11-9-4-3-8-7-12-13(2)10(8)6-5-9/h4-7,11H,3H2,1-2H3. The van der Waals surface area contributed by atoms with E-state index in [1.807, 2.05) is 25.0 Å². The summed E-state index contributed by atoms with van der Waals surface area (Å²) in [7, 11) is 3.90. The molecular formula is C10H13N3. The van der Waals surface area contributed by atoms with E-state index in [-0.39, 0.29) is 0 Å². The number of hydrogen-bond acceptors (Lipinski definition) is 2. The van der Waals surface area contributed by atoms with E-state index in [1.165, 1.54) is 11.3 Å². The third-order valence-electron chi connectivity index (χ3n) is 2.32. The molecule has 0 saturated heterocycles. The molecule has 3 nitrogen and oxygen atoms in total. The van der Waals surface area contributed by atoms with E-state index >= 15 is 0 Å². The van der Waals surface area contributed by atoms with Gasteiger partial charge in [-0.05, 0) is 18.6 Å². The van der Waals surface area contributed by atoms with Gasteiger partial charge in [-0.25, -0.2) is 0 Å². The quantitative estimate of drug-likeness (QED) is 0.692. The Kier molecular flexibility index (Phi) is 1.93. The Labute approximate surface area is 77.8 Å². The van der Waals surface area contributed by atoms with Crippen LogP contribution in [-0.2, 0) is 13.5 Å². The van der Waals surface area contributed by atoms with Crippen LogP contribution in [0.2, 0.25) is 0 Å². The molecule has 0 unspecified atom stereocenters. The number of aromatic nitrogens is 2. The van der Waals surface area contributed by atoms with Crippen LogP contribution in [0.4, 0.5) is 0 Å². The summed E-state index contributed by atoms with van der Waals surface area (Å²) in [4.78, 5) is 0. The Bertz CT molecular complexity index is 372. The van der Waals surface area contributed by atoms with Crippen molar-refractivity contribution < 1.29 is 0 Å². The van der Waals surface area contributed by atoms with E-state index in [9.17, 15) is 0 Å². The number of rotatable bonds is 1. The van der Waals surface area contributed by atoms with Gasteiger partial charge in [-0.2, -0.15) is 5.10 Å². The Balaban J connectivity index is 2.40. The zero-order valence-electron chi connectivity index (χ0n) is 7.91. The third-order valence-corrected chi connectivity index (χ3v) is 2.32. The van der Waals surface area contributed by atoms with Gasteiger partial charge in [0.1, 0.15) is 0 Å². The minimum absolute atomic E-state index is 0.951. The first-order valence-electron chi connectivity index (χ1n) is 4.38. The average Bonchev–Trinajstić information content (AvgIpc) is 2.38. The van der Waals surface area contributed by atoms with Crippen LogP contribution >= 0.6 is 0 Å². The molecule has 1 N–H and O–H groups in total. The summed E-state index contributed by atoms with van der Waals surface area (Å²) in [6.07, 6.45) is 9.22. The third kappa shape index (κ3) is 1.37. The minimum atomic E-state index is 0.951. The molecule has 13 heavy (non-hydrogen) atoms. The predicted octanol–water partition coefficient (Wildman–Crippen LogP) is 1.09. The molecular weight excluding hydrogens is 162 g/mol. The molecule has 68 valence electrons. The normalized spacial score (nSPS) is 14.8. The first-order chi connectivity index (χ1) is 6.31. The fourth-order valence-electron chi connectivity index (χ4n) is 1.51. The summed E-state index contributed by atoms with van der Waals surface area (Å²) in [6, 6.07) is 0. The second-order valence-corrected chi connectivity index (χ2v) is 3.13. The number of nitrogens with zero attached hydrogens (tertiary/aromatic N) is 2. The summed E-state index contributed by atoms with van der Waals surface area (Å²) in [5.74, 6) is 0. The molecule has 0 aliphatic heterocycles. The van der Waals surface area contributed by atoms with Crippen molar-refractivity contribution >= 4 is 6.08 Å². The first kappa shape index (κ1) is 8.10. The summed E-state index contributed by atoms with van der Waals surface area (Å²) >= 11 is 0.